The molecule has 1 aliphatic rings. The first-order valence-corrected chi connectivity index (χ1v) is 12.2. The summed E-state index contributed by atoms with van der Waals surface area (Å²) in [4.78, 5) is 0. The van der Waals surface area contributed by atoms with Crippen LogP contribution in [0.15, 0.2) is 0 Å². The van der Waals surface area contributed by atoms with Crippen molar-refractivity contribution in [2.24, 2.45) is 0 Å². The lowest BCUT2D eigenvalue weighted by Gasteiger charge is -2.30. The van der Waals surface area contributed by atoms with Gasteiger partial charge in [-0.15, -0.1) is 0 Å². The molecule has 0 spiro atoms. The summed E-state index contributed by atoms with van der Waals surface area (Å²) < 4.78 is 17.9. The highest BCUT2D eigenvalue weighted by Crippen LogP contribution is 2.62. The summed E-state index contributed by atoms with van der Waals surface area (Å²) in [5, 5.41) is 0. The minimum atomic E-state index is -2.40. The Hall–Kier alpha value is 0.314. The molecule has 0 saturated heterocycles. The Labute approximate surface area is 108 Å². The van der Waals surface area contributed by atoms with Gasteiger partial charge in [0.05, 0.1) is 0 Å². The maximum absolute atomic E-state index is 5.98. The van der Waals surface area contributed by atoms with Crippen LogP contribution in [-0.4, -0.2) is 36.7 Å². The van der Waals surface area contributed by atoms with Gasteiger partial charge in [-0.05, 0) is 32.7 Å². The van der Waals surface area contributed by atoms with E-state index in [2.05, 4.69) is 19.6 Å². The van der Waals surface area contributed by atoms with Gasteiger partial charge in [-0.3, -0.25) is 0 Å². The van der Waals surface area contributed by atoms with Crippen LogP contribution in [0.25, 0.3) is 0 Å². The highest BCUT2D eigenvalue weighted by Gasteiger charge is 2.64. The van der Waals surface area contributed by atoms with Crippen molar-refractivity contribution >= 4 is 16.9 Å². The molecule has 0 radical (unpaired) electrons. The molecule has 1 aliphatic carbocycles. The minimum absolute atomic E-state index is 0.564. The molecule has 5 heteroatoms. The summed E-state index contributed by atoms with van der Waals surface area (Å²) in [5.74, 6) is 0. The maximum Gasteiger partial charge on any atom is 0.504 e. The molecule has 1 saturated carbocycles. The van der Waals surface area contributed by atoms with Crippen molar-refractivity contribution in [1.29, 1.82) is 0 Å². The van der Waals surface area contributed by atoms with Crippen LogP contribution in [0.3, 0.4) is 0 Å². The van der Waals surface area contributed by atoms with Crippen molar-refractivity contribution in [2.45, 2.75) is 57.9 Å². The average Bonchev–Trinajstić information content (AvgIpc) is 2.97. The molecular formula is C12H28O3Si2. The molecule has 0 bridgehead atoms. The fourth-order valence-corrected chi connectivity index (χ4v) is 10.2. The number of hydrogen-bond donors (Lipinski definition) is 0. The van der Waals surface area contributed by atoms with Crippen molar-refractivity contribution in [3.63, 3.8) is 0 Å². The zero-order valence-corrected chi connectivity index (χ0v) is 14.2. The minimum Gasteiger partial charge on any atom is -0.374 e. The van der Waals surface area contributed by atoms with Crippen molar-refractivity contribution in [1.82, 2.24) is 0 Å². The van der Waals surface area contributed by atoms with Crippen molar-refractivity contribution in [2.75, 3.05) is 19.8 Å². The first kappa shape index (κ1) is 15.4. The topological polar surface area (TPSA) is 27.7 Å². The first-order chi connectivity index (χ1) is 7.91. The highest BCUT2D eigenvalue weighted by atomic mass is 28.4. The van der Waals surface area contributed by atoms with Crippen molar-refractivity contribution in [3.8, 4) is 0 Å². The Bertz CT molecular complexity index is 223. The fourth-order valence-electron chi connectivity index (χ4n) is 2.59. The Morgan fingerprint density at radius 1 is 0.824 bits per heavy atom. The summed E-state index contributed by atoms with van der Waals surface area (Å²) in [5.41, 5.74) is 1.38. The lowest BCUT2D eigenvalue weighted by atomic mass is 10.9. The van der Waals surface area contributed by atoms with Gasteiger partial charge in [0, 0.05) is 33.4 Å². The predicted octanol–water partition coefficient (Wildman–Crippen LogP) is 3.52. The molecule has 0 aromatic rings. The van der Waals surface area contributed by atoms with Crippen LogP contribution < -0.4 is 0 Å². The summed E-state index contributed by atoms with van der Waals surface area (Å²) in [6, 6.07) is 0. The van der Waals surface area contributed by atoms with E-state index in [0.717, 1.165) is 5.54 Å². The van der Waals surface area contributed by atoms with Gasteiger partial charge in [0.25, 0.3) is 0 Å². The quantitative estimate of drug-likeness (QED) is 0.635. The van der Waals surface area contributed by atoms with E-state index in [9.17, 15) is 0 Å². The van der Waals surface area contributed by atoms with Crippen molar-refractivity contribution < 1.29 is 13.3 Å². The third-order valence-electron chi connectivity index (χ3n) is 3.39. The summed E-state index contributed by atoms with van der Waals surface area (Å²) in [7, 11) is -3.49. The SMILES string of the molecule is CCO[Si](OCC)(OCC)[C@H]1C[C@H]1[Si](C)(C)C. The maximum atomic E-state index is 5.98. The molecule has 2 atom stereocenters. The lowest BCUT2D eigenvalue weighted by molar-refractivity contribution is 0.0694. The molecule has 0 aromatic carbocycles. The molecule has 102 valence electrons. The highest BCUT2D eigenvalue weighted by molar-refractivity contribution is 6.81. The van der Waals surface area contributed by atoms with E-state index in [0.29, 0.717) is 25.4 Å². The van der Waals surface area contributed by atoms with Gasteiger partial charge in [-0.2, -0.15) is 0 Å². The van der Waals surface area contributed by atoms with E-state index in [1.165, 1.54) is 6.42 Å². The lowest BCUT2D eigenvalue weighted by Crippen LogP contribution is -2.47. The van der Waals surface area contributed by atoms with Gasteiger partial charge in [-0.1, -0.05) is 19.6 Å². The Kier molecular flexibility index (Phi) is 5.40. The summed E-state index contributed by atoms with van der Waals surface area (Å²) in [6.07, 6.45) is 1.25. The second-order valence-electron chi connectivity index (χ2n) is 5.72. The van der Waals surface area contributed by atoms with E-state index in [1.807, 2.05) is 20.8 Å². The van der Waals surface area contributed by atoms with Crippen molar-refractivity contribution in [3.05, 3.63) is 0 Å². The Balaban J connectivity index is 2.76. The van der Waals surface area contributed by atoms with E-state index >= 15 is 0 Å². The predicted molar refractivity (Wildman–Crippen MR) is 76.1 cm³/mol. The Morgan fingerprint density at radius 3 is 1.47 bits per heavy atom. The van der Waals surface area contributed by atoms with Gasteiger partial charge in [0.15, 0.2) is 0 Å². The second kappa shape index (κ2) is 5.97. The monoisotopic (exact) mass is 276 g/mol. The molecular weight excluding hydrogens is 248 g/mol. The molecule has 3 nitrogen and oxygen atoms in total. The van der Waals surface area contributed by atoms with E-state index in [-0.39, 0.29) is 0 Å². The molecule has 0 amide bonds. The number of hydrogen-bond acceptors (Lipinski definition) is 3. The summed E-state index contributed by atoms with van der Waals surface area (Å²) in [6.45, 7) is 15.5. The molecule has 0 N–H and O–H groups in total. The van der Waals surface area contributed by atoms with Gasteiger partial charge >= 0.3 is 8.80 Å². The van der Waals surface area contributed by atoms with E-state index < -0.39 is 16.9 Å². The zero-order chi connectivity index (χ0) is 13.1. The van der Waals surface area contributed by atoms with Crippen LogP contribution in [-0.2, 0) is 13.3 Å². The molecule has 0 unspecified atom stereocenters. The van der Waals surface area contributed by atoms with Crippen LogP contribution in [0, 0.1) is 0 Å². The second-order valence-corrected chi connectivity index (χ2v) is 14.0. The molecule has 17 heavy (non-hydrogen) atoms. The van der Waals surface area contributed by atoms with Gasteiger partial charge in [-0.25, -0.2) is 0 Å². The molecule has 1 fully saturated rings. The largest absolute Gasteiger partial charge is 0.504 e. The smallest absolute Gasteiger partial charge is 0.374 e. The van der Waals surface area contributed by atoms with Gasteiger partial charge in [0.2, 0.25) is 0 Å². The normalized spacial score (nSPS) is 25.1. The first-order valence-electron chi connectivity index (χ1n) is 6.83. The molecule has 1 rings (SSSR count). The number of rotatable bonds is 8. The van der Waals surface area contributed by atoms with E-state index in [4.69, 9.17) is 13.3 Å². The van der Waals surface area contributed by atoms with Crippen LogP contribution in [0.2, 0.25) is 30.7 Å². The van der Waals surface area contributed by atoms with Crippen LogP contribution >= 0.6 is 0 Å². The third-order valence-corrected chi connectivity index (χ3v) is 10.2. The molecule has 0 heterocycles. The fraction of sp³-hybridized carbons (Fsp3) is 1.00. The Morgan fingerprint density at radius 2 is 1.24 bits per heavy atom. The average molecular weight is 277 g/mol. The molecule has 0 aliphatic heterocycles. The zero-order valence-electron chi connectivity index (χ0n) is 12.2. The standard InChI is InChI=1S/C12H28O3Si2/c1-7-13-17(14-8-2,15-9-3)12-10-11(12)16(4,5)6/h11-12H,7-10H2,1-6H3/t11-,12+/m1/s1. The van der Waals surface area contributed by atoms with Gasteiger partial charge in [0.1, 0.15) is 0 Å². The van der Waals surface area contributed by atoms with E-state index in [1.54, 1.807) is 0 Å². The van der Waals surface area contributed by atoms with Crippen LogP contribution in [0.4, 0.5) is 0 Å². The van der Waals surface area contributed by atoms with Crippen LogP contribution in [0.5, 0.6) is 0 Å². The summed E-state index contributed by atoms with van der Waals surface area (Å²) >= 11 is 0. The third kappa shape index (κ3) is 3.64. The van der Waals surface area contributed by atoms with Gasteiger partial charge < -0.3 is 13.3 Å². The molecule has 0 aromatic heterocycles. The van der Waals surface area contributed by atoms with Crippen LogP contribution in [0.1, 0.15) is 27.2 Å².